The molecular formula is C22H30N6O4S. The number of amides is 1. The second-order valence-electron chi connectivity index (χ2n) is 8.30. The van der Waals surface area contributed by atoms with Gasteiger partial charge in [-0.3, -0.25) is 4.79 Å². The molecule has 11 heteroatoms. The summed E-state index contributed by atoms with van der Waals surface area (Å²) in [5, 5.41) is 0. The molecule has 2 saturated heterocycles. The predicted octanol–water partition coefficient (Wildman–Crippen LogP) is 1.39. The third kappa shape index (κ3) is 4.88. The first-order valence-electron chi connectivity index (χ1n) is 11.1. The van der Waals surface area contributed by atoms with E-state index in [4.69, 9.17) is 10.5 Å². The molecule has 2 aromatic rings. The smallest absolute Gasteiger partial charge is 0.252 e. The summed E-state index contributed by atoms with van der Waals surface area (Å²) in [6.45, 7) is 5.51. The van der Waals surface area contributed by atoms with Crippen LogP contribution >= 0.6 is 0 Å². The number of anilines is 2. The first kappa shape index (κ1) is 23.2. The zero-order valence-corrected chi connectivity index (χ0v) is 19.8. The minimum Gasteiger partial charge on any atom is -0.496 e. The summed E-state index contributed by atoms with van der Waals surface area (Å²) < 4.78 is 32.9. The number of aromatic nitrogens is 2. The number of benzene rings is 1. The molecule has 0 bridgehead atoms. The first-order chi connectivity index (χ1) is 15.8. The summed E-state index contributed by atoms with van der Waals surface area (Å²) in [5.41, 5.74) is 5.43. The van der Waals surface area contributed by atoms with E-state index >= 15 is 0 Å². The number of hydrogen-bond donors (Lipinski definition) is 1. The van der Waals surface area contributed by atoms with E-state index in [-0.39, 0.29) is 16.2 Å². The lowest BCUT2D eigenvalue weighted by Gasteiger charge is -2.35. The topological polar surface area (TPSA) is 122 Å². The number of rotatable bonds is 6. The van der Waals surface area contributed by atoms with Gasteiger partial charge in [0.15, 0.2) is 0 Å². The van der Waals surface area contributed by atoms with Crippen LogP contribution in [0.15, 0.2) is 29.2 Å². The molecule has 4 rings (SSSR count). The molecule has 178 valence electrons. The summed E-state index contributed by atoms with van der Waals surface area (Å²) in [6, 6.07) is 6.17. The zero-order chi connectivity index (χ0) is 23.6. The molecule has 1 aromatic heterocycles. The lowest BCUT2D eigenvalue weighted by atomic mass is 10.1. The average Bonchev–Trinajstić information content (AvgIpc) is 2.83. The van der Waals surface area contributed by atoms with Crippen LogP contribution in [0.25, 0.3) is 0 Å². The summed E-state index contributed by atoms with van der Waals surface area (Å²) in [7, 11) is -2.38. The summed E-state index contributed by atoms with van der Waals surface area (Å²) in [5.74, 6) is 1.97. The average molecular weight is 475 g/mol. The van der Waals surface area contributed by atoms with Crippen molar-refractivity contribution in [3.05, 3.63) is 35.7 Å². The third-order valence-electron chi connectivity index (χ3n) is 6.13. The second-order valence-corrected chi connectivity index (χ2v) is 10.2. The molecule has 1 amide bonds. The Kier molecular flexibility index (Phi) is 6.71. The number of nitrogens with two attached hydrogens (primary N) is 1. The molecule has 2 N–H and O–H groups in total. The lowest BCUT2D eigenvalue weighted by Crippen LogP contribution is -2.49. The monoisotopic (exact) mass is 474 g/mol. The number of nitrogens with zero attached hydrogens (tertiary/aromatic N) is 5. The van der Waals surface area contributed by atoms with Crippen molar-refractivity contribution in [2.75, 3.05) is 56.2 Å². The van der Waals surface area contributed by atoms with Crippen LogP contribution in [0.3, 0.4) is 0 Å². The number of sulfonamides is 1. The van der Waals surface area contributed by atoms with E-state index < -0.39 is 15.9 Å². The minimum atomic E-state index is -3.78. The van der Waals surface area contributed by atoms with Crippen molar-refractivity contribution in [1.29, 1.82) is 0 Å². The van der Waals surface area contributed by atoms with Gasteiger partial charge in [0.25, 0.3) is 5.91 Å². The van der Waals surface area contributed by atoms with Crippen LogP contribution in [-0.4, -0.2) is 75.0 Å². The van der Waals surface area contributed by atoms with Crippen molar-refractivity contribution in [3.63, 3.8) is 0 Å². The van der Waals surface area contributed by atoms with Gasteiger partial charge in [-0.25, -0.2) is 18.4 Å². The molecule has 2 aliphatic heterocycles. The fourth-order valence-electron chi connectivity index (χ4n) is 4.33. The number of ether oxygens (including phenoxy) is 1. The van der Waals surface area contributed by atoms with Crippen molar-refractivity contribution >= 4 is 27.6 Å². The highest BCUT2D eigenvalue weighted by molar-refractivity contribution is 7.89. The molecule has 2 fully saturated rings. The van der Waals surface area contributed by atoms with Crippen molar-refractivity contribution in [2.45, 2.75) is 31.1 Å². The van der Waals surface area contributed by atoms with E-state index in [1.165, 1.54) is 36.0 Å². The van der Waals surface area contributed by atoms with Crippen LogP contribution in [0.5, 0.6) is 5.75 Å². The number of carbonyl (C=O) groups is 1. The Labute approximate surface area is 194 Å². The number of aryl methyl sites for hydroxylation is 1. The van der Waals surface area contributed by atoms with Crippen molar-refractivity contribution in [2.24, 2.45) is 5.73 Å². The fourth-order valence-corrected chi connectivity index (χ4v) is 5.78. The molecule has 1 aromatic carbocycles. The molecule has 0 unspecified atom stereocenters. The van der Waals surface area contributed by atoms with Crippen LogP contribution < -0.4 is 20.3 Å². The Bertz CT molecular complexity index is 1130. The van der Waals surface area contributed by atoms with Gasteiger partial charge >= 0.3 is 0 Å². The SMILES string of the molecule is COc1ccc(S(=O)(=O)N2CCN(c3cc(N4CCCCC4)nc(C)n3)CC2)cc1C(N)=O. The molecule has 0 atom stereocenters. The largest absolute Gasteiger partial charge is 0.496 e. The maximum atomic E-state index is 13.2. The lowest BCUT2D eigenvalue weighted by molar-refractivity contribution is 0.0997. The molecule has 33 heavy (non-hydrogen) atoms. The van der Waals surface area contributed by atoms with E-state index in [0.29, 0.717) is 32.0 Å². The highest BCUT2D eigenvalue weighted by Crippen LogP contribution is 2.27. The van der Waals surface area contributed by atoms with E-state index in [0.717, 1.165) is 37.6 Å². The third-order valence-corrected chi connectivity index (χ3v) is 8.02. The van der Waals surface area contributed by atoms with Gasteiger partial charge in [0.1, 0.15) is 23.2 Å². The molecule has 3 heterocycles. The minimum absolute atomic E-state index is 0.0239. The Morgan fingerprint density at radius 3 is 2.12 bits per heavy atom. The van der Waals surface area contributed by atoms with Gasteiger partial charge in [-0.2, -0.15) is 4.31 Å². The molecule has 0 saturated carbocycles. The quantitative estimate of drug-likeness (QED) is 0.667. The normalized spacial score (nSPS) is 17.8. The predicted molar refractivity (Wildman–Crippen MR) is 125 cm³/mol. The number of piperidine rings is 1. The number of primary amides is 1. The molecule has 0 radical (unpaired) electrons. The summed E-state index contributed by atoms with van der Waals surface area (Å²) in [6.07, 6.45) is 3.58. The maximum absolute atomic E-state index is 13.2. The van der Waals surface area contributed by atoms with Crippen LogP contribution in [-0.2, 0) is 10.0 Å². The Hall–Kier alpha value is -2.92. The van der Waals surface area contributed by atoms with Gasteiger partial charge in [-0.1, -0.05) is 0 Å². The molecular weight excluding hydrogens is 444 g/mol. The van der Waals surface area contributed by atoms with Crippen LogP contribution in [0, 0.1) is 6.92 Å². The summed E-state index contributed by atoms with van der Waals surface area (Å²) in [4.78, 5) is 25.3. The van der Waals surface area contributed by atoms with Crippen LogP contribution in [0.4, 0.5) is 11.6 Å². The van der Waals surface area contributed by atoms with Gasteiger partial charge in [-0.15, -0.1) is 0 Å². The van der Waals surface area contributed by atoms with Crippen LogP contribution in [0.1, 0.15) is 35.4 Å². The number of methoxy groups -OCH3 is 1. The Morgan fingerprint density at radius 1 is 0.939 bits per heavy atom. The van der Waals surface area contributed by atoms with Crippen LogP contribution in [0.2, 0.25) is 0 Å². The zero-order valence-electron chi connectivity index (χ0n) is 19.0. The number of hydrogen-bond acceptors (Lipinski definition) is 8. The molecule has 0 spiro atoms. The van der Waals surface area contributed by atoms with Gasteiger partial charge in [0.05, 0.1) is 17.6 Å². The van der Waals surface area contributed by atoms with Gasteiger partial charge in [0, 0.05) is 45.3 Å². The highest BCUT2D eigenvalue weighted by Gasteiger charge is 2.30. The van der Waals surface area contributed by atoms with Gasteiger partial charge in [-0.05, 0) is 44.4 Å². The number of piperazine rings is 1. The fraction of sp³-hybridized carbons (Fsp3) is 0.500. The van der Waals surface area contributed by atoms with E-state index in [2.05, 4.69) is 19.8 Å². The van der Waals surface area contributed by atoms with E-state index in [1.54, 1.807) is 0 Å². The number of carbonyl (C=O) groups excluding carboxylic acids is 1. The van der Waals surface area contributed by atoms with Crippen molar-refractivity contribution in [1.82, 2.24) is 14.3 Å². The molecule has 0 aliphatic carbocycles. The van der Waals surface area contributed by atoms with Crippen molar-refractivity contribution in [3.8, 4) is 5.75 Å². The Morgan fingerprint density at radius 2 is 1.55 bits per heavy atom. The van der Waals surface area contributed by atoms with Gasteiger partial charge in [0.2, 0.25) is 10.0 Å². The molecule has 10 nitrogen and oxygen atoms in total. The molecule has 2 aliphatic rings. The second kappa shape index (κ2) is 9.52. The Balaban J connectivity index is 1.49. The first-order valence-corrected chi connectivity index (χ1v) is 12.6. The summed E-state index contributed by atoms with van der Waals surface area (Å²) >= 11 is 0. The van der Waals surface area contributed by atoms with Gasteiger partial charge < -0.3 is 20.3 Å². The van der Waals surface area contributed by atoms with E-state index in [9.17, 15) is 13.2 Å². The van der Waals surface area contributed by atoms with Crippen molar-refractivity contribution < 1.29 is 17.9 Å². The standard InChI is InChI=1S/C22H30N6O4S/c1-16-24-20(26-8-4-3-5-9-26)15-21(25-16)27-10-12-28(13-11-27)33(30,31)17-6-7-19(32-2)18(14-17)22(23)29/h6-7,14-15H,3-5,8-13H2,1-2H3,(H2,23,29). The van der Waals surface area contributed by atoms with E-state index in [1.807, 2.05) is 13.0 Å². The highest BCUT2D eigenvalue weighted by atomic mass is 32.2. The maximum Gasteiger partial charge on any atom is 0.252 e.